The lowest BCUT2D eigenvalue weighted by Crippen LogP contribution is -1.88. The normalized spacial score (nSPS) is 9.65. The molecular formula is C10H10ClN3O2S. The molecule has 5 nitrogen and oxygen atoms in total. The molecule has 7 heteroatoms. The Bertz CT molecular complexity index is 473. The molecule has 0 fully saturated rings. The molecule has 1 N–H and O–H groups in total. The van der Waals surface area contributed by atoms with Crippen LogP contribution in [0.1, 0.15) is 5.56 Å². The van der Waals surface area contributed by atoms with Crippen molar-refractivity contribution in [1.29, 1.82) is 0 Å². The van der Waals surface area contributed by atoms with E-state index in [0.29, 0.717) is 0 Å². The van der Waals surface area contributed by atoms with Crippen molar-refractivity contribution in [2.45, 2.75) is 10.9 Å². The summed E-state index contributed by atoms with van der Waals surface area (Å²) in [4.78, 5) is 17.1. The number of aromatic nitrogens is 2. The average molecular weight is 272 g/mol. The highest BCUT2D eigenvalue weighted by Crippen LogP contribution is 2.20. The fourth-order valence-corrected chi connectivity index (χ4v) is 1.98. The predicted molar refractivity (Wildman–Crippen MR) is 68.5 cm³/mol. The smallest absolute Gasteiger partial charge is 0.269 e. The average Bonchev–Trinajstić information content (AvgIpc) is 2.80. The number of hydrogen-bond acceptors (Lipinski definition) is 4. The van der Waals surface area contributed by atoms with Crippen molar-refractivity contribution >= 4 is 29.9 Å². The van der Waals surface area contributed by atoms with E-state index in [1.807, 2.05) is 0 Å². The zero-order chi connectivity index (χ0) is 11.4. The maximum Gasteiger partial charge on any atom is 0.269 e. The molecule has 2 rings (SSSR count). The van der Waals surface area contributed by atoms with Crippen LogP contribution in [0.4, 0.5) is 5.69 Å². The Kier molecular flexibility index (Phi) is 4.99. The van der Waals surface area contributed by atoms with Crippen LogP contribution in [0, 0.1) is 10.1 Å². The van der Waals surface area contributed by atoms with Gasteiger partial charge in [-0.15, -0.1) is 12.4 Å². The number of H-pyrrole nitrogens is 1. The molecule has 1 aromatic carbocycles. The maximum atomic E-state index is 10.4. The van der Waals surface area contributed by atoms with Gasteiger partial charge in [-0.1, -0.05) is 23.9 Å². The first-order valence-electron chi connectivity index (χ1n) is 4.61. The van der Waals surface area contributed by atoms with E-state index in [9.17, 15) is 10.1 Å². The predicted octanol–water partition coefficient (Wildman–Crippen LogP) is 3.03. The quantitative estimate of drug-likeness (QED) is 0.527. The van der Waals surface area contributed by atoms with E-state index in [1.165, 1.54) is 12.1 Å². The molecule has 1 heterocycles. The number of halogens is 1. The summed E-state index contributed by atoms with van der Waals surface area (Å²) in [7, 11) is 0. The second-order valence-electron chi connectivity index (χ2n) is 3.11. The molecule has 0 saturated heterocycles. The number of thioether (sulfide) groups is 1. The van der Waals surface area contributed by atoms with Crippen LogP contribution in [0.3, 0.4) is 0 Å². The molecule has 0 amide bonds. The monoisotopic (exact) mass is 271 g/mol. The number of nitrogens with zero attached hydrogens (tertiary/aromatic N) is 2. The molecular weight excluding hydrogens is 262 g/mol. The Morgan fingerprint density at radius 1 is 1.35 bits per heavy atom. The zero-order valence-corrected chi connectivity index (χ0v) is 10.3. The van der Waals surface area contributed by atoms with Gasteiger partial charge in [0.2, 0.25) is 0 Å². The Balaban J connectivity index is 0.00000144. The van der Waals surface area contributed by atoms with E-state index in [0.717, 1.165) is 16.5 Å². The SMILES string of the molecule is Cl.O=[N+]([O-])c1ccc(CSc2ncc[nH]2)cc1. The van der Waals surface area contributed by atoms with Crippen molar-refractivity contribution in [3.8, 4) is 0 Å². The van der Waals surface area contributed by atoms with E-state index in [2.05, 4.69) is 9.97 Å². The Hall–Kier alpha value is -1.53. The minimum atomic E-state index is -0.399. The second kappa shape index (κ2) is 6.27. The summed E-state index contributed by atoms with van der Waals surface area (Å²) in [5, 5.41) is 11.3. The van der Waals surface area contributed by atoms with Gasteiger partial charge in [0.25, 0.3) is 5.69 Å². The highest BCUT2D eigenvalue weighted by atomic mass is 35.5. The first-order chi connectivity index (χ1) is 7.75. The van der Waals surface area contributed by atoms with E-state index in [-0.39, 0.29) is 18.1 Å². The van der Waals surface area contributed by atoms with Gasteiger partial charge in [0.1, 0.15) is 0 Å². The summed E-state index contributed by atoms with van der Waals surface area (Å²) in [5.41, 5.74) is 1.15. The van der Waals surface area contributed by atoms with Crippen molar-refractivity contribution in [3.63, 3.8) is 0 Å². The summed E-state index contributed by atoms with van der Waals surface area (Å²) in [5.74, 6) is 0.742. The van der Waals surface area contributed by atoms with Gasteiger partial charge >= 0.3 is 0 Å². The zero-order valence-electron chi connectivity index (χ0n) is 8.70. The second-order valence-corrected chi connectivity index (χ2v) is 4.07. The summed E-state index contributed by atoms with van der Waals surface area (Å²) < 4.78 is 0. The molecule has 2 aromatic rings. The third kappa shape index (κ3) is 3.76. The fourth-order valence-electron chi connectivity index (χ4n) is 1.20. The third-order valence-electron chi connectivity index (χ3n) is 2.00. The van der Waals surface area contributed by atoms with Crippen LogP contribution in [-0.2, 0) is 5.75 Å². The van der Waals surface area contributed by atoms with Crippen molar-refractivity contribution < 1.29 is 4.92 Å². The molecule has 0 bridgehead atoms. The summed E-state index contributed by atoms with van der Waals surface area (Å²) in [6.07, 6.45) is 3.45. The van der Waals surface area contributed by atoms with Crippen LogP contribution in [-0.4, -0.2) is 14.9 Å². The van der Waals surface area contributed by atoms with Crippen molar-refractivity contribution in [3.05, 3.63) is 52.3 Å². The number of non-ortho nitro benzene ring substituents is 1. The largest absolute Gasteiger partial charge is 0.340 e. The van der Waals surface area contributed by atoms with Crippen LogP contribution in [0.2, 0.25) is 0 Å². The first-order valence-corrected chi connectivity index (χ1v) is 5.60. The van der Waals surface area contributed by atoms with Crippen LogP contribution in [0.25, 0.3) is 0 Å². The summed E-state index contributed by atoms with van der Waals surface area (Å²) >= 11 is 1.56. The van der Waals surface area contributed by atoms with Crippen LogP contribution < -0.4 is 0 Å². The number of hydrogen-bond donors (Lipinski definition) is 1. The van der Waals surface area contributed by atoms with Gasteiger partial charge < -0.3 is 4.98 Å². The Labute approximate surface area is 108 Å². The van der Waals surface area contributed by atoms with Gasteiger partial charge in [0.15, 0.2) is 5.16 Å². The standard InChI is InChI=1S/C10H9N3O2S.ClH/c14-13(15)9-3-1-8(2-4-9)7-16-10-11-5-6-12-10;/h1-6H,7H2,(H,11,12);1H. The van der Waals surface area contributed by atoms with Gasteiger partial charge in [-0.05, 0) is 5.56 Å². The number of nitro benzene ring substituents is 1. The van der Waals surface area contributed by atoms with Crippen LogP contribution in [0.5, 0.6) is 0 Å². The number of rotatable bonds is 4. The lowest BCUT2D eigenvalue weighted by Gasteiger charge is -1.98. The molecule has 0 saturated carbocycles. The van der Waals surface area contributed by atoms with Gasteiger partial charge in [-0.25, -0.2) is 4.98 Å². The van der Waals surface area contributed by atoms with E-state index < -0.39 is 4.92 Å². The molecule has 0 aliphatic rings. The molecule has 0 unspecified atom stereocenters. The van der Waals surface area contributed by atoms with Crippen molar-refractivity contribution in [2.24, 2.45) is 0 Å². The molecule has 1 aromatic heterocycles. The third-order valence-corrected chi connectivity index (χ3v) is 2.97. The lowest BCUT2D eigenvalue weighted by molar-refractivity contribution is -0.384. The first kappa shape index (κ1) is 13.5. The number of imidazole rings is 1. The number of nitrogens with one attached hydrogen (secondary N) is 1. The van der Waals surface area contributed by atoms with Crippen molar-refractivity contribution in [1.82, 2.24) is 9.97 Å². The molecule has 0 radical (unpaired) electrons. The van der Waals surface area contributed by atoms with Crippen LogP contribution in [0.15, 0.2) is 41.8 Å². The van der Waals surface area contributed by atoms with Gasteiger partial charge in [-0.2, -0.15) is 0 Å². The van der Waals surface area contributed by atoms with Crippen LogP contribution >= 0.6 is 24.2 Å². The molecule has 0 atom stereocenters. The van der Waals surface area contributed by atoms with Crippen molar-refractivity contribution in [2.75, 3.05) is 0 Å². The molecule has 90 valence electrons. The summed E-state index contributed by atoms with van der Waals surface area (Å²) in [6.45, 7) is 0. The summed E-state index contributed by atoms with van der Waals surface area (Å²) in [6, 6.07) is 6.54. The lowest BCUT2D eigenvalue weighted by atomic mass is 10.2. The number of nitro groups is 1. The van der Waals surface area contributed by atoms with E-state index >= 15 is 0 Å². The number of aromatic amines is 1. The Morgan fingerprint density at radius 2 is 2.06 bits per heavy atom. The van der Waals surface area contributed by atoms with Gasteiger partial charge in [-0.3, -0.25) is 10.1 Å². The highest BCUT2D eigenvalue weighted by molar-refractivity contribution is 7.98. The molecule has 17 heavy (non-hydrogen) atoms. The number of benzene rings is 1. The van der Waals surface area contributed by atoms with Gasteiger partial charge in [0.05, 0.1) is 4.92 Å². The Morgan fingerprint density at radius 3 is 2.59 bits per heavy atom. The topological polar surface area (TPSA) is 71.8 Å². The minimum absolute atomic E-state index is 0. The molecule has 0 aliphatic carbocycles. The van der Waals surface area contributed by atoms with E-state index in [4.69, 9.17) is 0 Å². The van der Waals surface area contributed by atoms with E-state index in [1.54, 1.807) is 36.3 Å². The van der Waals surface area contributed by atoms with Gasteiger partial charge in [0, 0.05) is 30.3 Å². The maximum absolute atomic E-state index is 10.4. The highest BCUT2D eigenvalue weighted by Gasteiger charge is 2.04. The molecule has 0 aliphatic heterocycles. The molecule has 0 spiro atoms. The fraction of sp³-hybridized carbons (Fsp3) is 0.100. The minimum Gasteiger partial charge on any atom is -0.340 e.